The van der Waals surface area contributed by atoms with E-state index in [4.69, 9.17) is 9.84 Å². The maximum Gasteiger partial charge on any atom is 0.328 e. The van der Waals surface area contributed by atoms with Crippen LogP contribution in [0, 0.1) is 10.1 Å². The molecule has 27 heavy (non-hydrogen) atoms. The molecule has 0 saturated heterocycles. The molecule has 1 unspecified atom stereocenters. The quantitative estimate of drug-likeness (QED) is 0.526. The first kappa shape index (κ1) is 19.8. The van der Waals surface area contributed by atoms with Crippen molar-refractivity contribution in [1.82, 2.24) is 9.78 Å². The number of nitrogens with zero attached hydrogens (tertiary/aromatic N) is 3. The summed E-state index contributed by atoms with van der Waals surface area (Å²) in [5.41, 5.74) is -0.519. The fraction of sp³-hybridized carbons (Fsp3) is 0.267. The molecule has 1 aromatic heterocycles. The monoisotopic (exact) mass is 384 g/mol. The van der Waals surface area contributed by atoms with Gasteiger partial charge < -0.3 is 15.2 Å². The van der Waals surface area contributed by atoms with Crippen molar-refractivity contribution in [3.63, 3.8) is 0 Å². The summed E-state index contributed by atoms with van der Waals surface area (Å²) in [6.07, 6.45) is -0.454. The van der Waals surface area contributed by atoms with E-state index in [1.807, 2.05) is 0 Å². The summed E-state index contributed by atoms with van der Waals surface area (Å²) in [6.45, 7) is 0.401. The lowest BCUT2D eigenvalue weighted by molar-refractivity contribution is -0.384. The van der Waals surface area contributed by atoms with E-state index >= 15 is 0 Å². The number of hydrogen-bond acceptors (Lipinski definition) is 6. The van der Waals surface area contributed by atoms with E-state index in [2.05, 4.69) is 10.4 Å². The van der Waals surface area contributed by atoms with Crippen LogP contribution in [0.25, 0.3) is 0 Å². The van der Waals surface area contributed by atoms with Crippen LogP contribution < -0.4 is 10.1 Å². The summed E-state index contributed by atoms with van der Waals surface area (Å²) >= 11 is 0. The largest absolute Gasteiger partial charge is 0.487 e. The molecule has 2 N–H and O–H groups in total. The molecule has 0 spiro atoms. The summed E-state index contributed by atoms with van der Waals surface area (Å²) in [5.74, 6) is -2.08. The van der Waals surface area contributed by atoms with Gasteiger partial charge in [-0.2, -0.15) is 5.10 Å². The molecule has 0 aliphatic carbocycles. The Morgan fingerprint density at radius 2 is 2.11 bits per heavy atom. The third-order valence-corrected chi connectivity index (χ3v) is 3.35. The molecule has 1 amide bonds. The molecule has 0 bridgehead atoms. The smallest absolute Gasteiger partial charge is 0.328 e. The Morgan fingerprint density at radius 1 is 1.41 bits per heavy atom. The predicted octanol–water partition coefficient (Wildman–Crippen LogP) is 2.33. The van der Waals surface area contributed by atoms with Crippen LogP contribution >= 0.6 is 0 Å². The molecule has 0 saturated carbocycles. The maximum atomic E-state index is 12.3. The number of nitro benzene ring substituents is 1. The Morgan fingerprint density at radius 3 is 2.70 bits per heavy atom. The highest BCUT2D eigenvalue weighted by molar-refractivity contribution is 6.04. The van der Waals surface area contributed by atoms with E-state index in [9.17, 15) is 28.5 Å². The molecule has 0 fully saturated rings. The first-order chi connectivity index (χ1) is 12.7. The van der Waals surface area contributed by atoms with Crippen LogP contribution in [-0.4, -0.2) is 44.7 Å². The van der Waals surface area contributed by atoms with Crippen LogP contribution in [-0.2, 0) is 4.79 Å². The number of carboxylic acid groups (broad SMARTS) is 1. The number of rotatable bonds is 8. The Balaban J connectivity index is 2.21. The number of nitrogens with one attached hydrogen (secondary N) is 1. The summed E-state index contributed by atoms with van der Waals surface area (Å²) < 4.78 is 30.3. The molecular formula is C15H14F2N4O6. The normalized spacial score (nSPS) is 11.9. The molecule has 1 aromatic carbocycles. The molecule has 12 heteroatoms. The minimum atomic E-state index is -2.77. The van der Waals surface area contributed by atoms with Gasteiger partial charge in [-0.05, 0) is 6.92 Å². The van der Waals surface area contributed by atoms with Crippen molar-refractivity contribution in [2.75, 3.05) is 11.9 Å². The van der Waals surface area contributed by atoms with Crippen molar-refractivity contribution in [3.05, 3.63) is 46.3 Å². The minimum absolute atomic E-state index is 0.00431. The predicted molar refractivity (Wildman–Crippen MR) is 87.1 cm³/mol. The highest BCUT2D eigenvalue weighted by atomic mass is 19.3. The second-order valence-electron chi connectivity index (χ2n) is 5.35. The van der Waals surface area contributed by atoms with E-state index in [1.165, 1.54) is 13.1 Å². The van der Waals surface area contributed by atoms with Gasteiger partial charge in [0, 0.05) is 18.3 Å². The van der Waals surface area contributed by atoms with Crippen molar-refractivity contribution in [2.45, 2.75) is 19.4 Å². The third kappa shape index (κ3) is 5.20. The Hall–Kier alpha value is -3.57. The van der Waals surface area contributed by atoms with E-state index in [-0.39, 0.29) is 17.0 Å². The number of benzene rings is 1. The van der Waals surface area contributed by atoms with Crippen LogP contribution in [0.5, 0.6) is 5.75 Å². The SMILES string of the molecule is CC(C(=O)O)n1cc(C(=O)Nc2cc(OCC(F)F)cc([N+](=O)[O-])c2)cn1. The highest BCUT2D eigenvalue weighted by Crippen LogP contribution is 2.27. The third-order valence-electron chi connectivity index (χ3n) is 3.35. The van der Waals surface area contributed by atoms with E-state index in [1.54, 1.807) is 0 Å². The summed E-state index contributed by atoms with van der Waals surface area (Å²) in [4.78, 5) is 33.4. The Bertz CT molecular complexity index is 870. The van der Waals surface area contributed by atoms with Crippen LogP contribution in [0.1, 0.15) is 23.3 Å². The topological polar surface area (TPSA) is 137 Å². The van der Waals surface area contributed by atoms with Crippen molar-refractivity contribution >= 4 is 23.3 Å². The van der Waals surface area contributed by atoms with Crippen LogP contribution in [0.15, 0.2) is 30.6 Å². The number of carboxylic acids is 1. The average Bonchev–Trinajstić information content (AvgIpc) is 3.09. The van der Waals surface area contributed by atoms with Crippen LogP contribution in [0.3, 0.4) is 0 Å². The van der Waals surface area contributed by atoms with Gasteiger partial charge in [-0.3, -0.25) is 19.6 Å². The molecular weight excluding hydrogens is 370 g/mol. The van der Waals surface area contributed by atoms with Gasteiger partial charge in [0.1, 0.15) is 18.4 Å². The molecule has 2 rings (SSSR count). The van der Waals surface area contributed by atoms with E-state index in [0.717, 1.165) is 29.1 Å². The lowest BCUT2D eigenvalue weighted by Gasteiger charge is -2.09. The minimum Gasteiger partial charge on any atom is -0.487 e. The van der Waals surface area contributed by atoms with Gasteiger partial charge in [0.05, 0.1) is 28.4 Å². The second kappa shape index (κ2) is 8.21. The van der Waals surface area contributed by atoms with Crippen LogP contribution in [0.4, 0.5) is 20.2 Å². The van der Waals surface area contributed by atoms with Gasteiger partial charge in [-0.15, -0.1) is 0 Å². The number of carbonyl (C=O) groups is 2. The Labute approximate surface area is 150 Å². The number of ether oxygens (including phenoxy) is 1. The second-order valence-corrected chi connectivity index (χ2v) is 5.35. The number of halogens is 2. The first-order valence-corrected chi connectivity index (χ1v) is 7.46. The number of aliphatic carboxylic acids is 1. The zero-order valence-corrected chi connectivity index (χ0v) is 13.8. The Kier molecular flexibility index (Phi) is 6.00. The standard InChI is InChI=1S/C15H14F2N4O6/c1-8(15(23)24)20-6-9(5-18-20)14(22)19-10-2-11(21(25)26)4-12(3-10)27-7-13(16)17/h2-6,8,13H,7H2,1H3,(H,19,22)(H,23,24). The lowest BCUT2D eigenvalue weighted by atomic mass is 10.2. The van der Waals surface area contributed by atoms with Gasteiger partial charge in [0.15, 0.2) is 0 Å². The number of non-ortho nitro benzene ring substituents is 1. The number of hydrogen-bond donors (Lipinski definition) is 2. The first-order valence-electron chi connectivity index (χ1n) is 7.46. The summed E-state index contributed by atoms with van der Waals surface area (Å²) in [5, 5.41) is 26.0. The molecule has 0 radical (unpaired) electrons. The van der Waals surface area contributed by atoms with Gasteiger partial charge in [-0.25, -0.2) is 13.6 Å². The van der Waals surface area contributed by atoms with Gasteiger partial charge in [0.25, 0.3) is 18.0 Å². The number of aromatic nitrogens is 2. The summed E-state index contributed by atoms with van der Waals surface area (Å²) in [7, 11) is 0. The van der Waals surface area contributed by atoms with E-state index in [0.29, 0.717) is 0 Å². The molecule has 1 atom stereocenters. The summed E-state index contributed by atoms with van der Waals surface area (Å²) in [6, 6.07) is 2.12. The number of nitro groups is 1. The van der Waals surface area contributed by atoms with Crippen molar-refractivity contribution < 1.29 is 33.1 Å². The number of anilines is 1. The zero-order valence-electron chi connectivity index (χ0n) is 13.8. The zero-order chi connectivity index (χ0) is 20.1. The lowest BCUT2D eigenvalue weighted by Crippen LogP contribution is -2.16. The van der Waals surface area contributed by atoms with Gasteiger partial charge in [0.2, 0.25) is 0 Å². The molecule has 10 nitrogen and oxygen atoms in total. The molecule has 2 aromatic rings. The fourth-order valence-corrected chi connectivity index (χ4v) is 1.99. The highest BCUT2D eigenvalue weighted by Gasteiger charge is 2.18. The number of carbonyl (C=O) groups excluding carboxylic acids is 1. The van der Waals surface area contributed by atoms with Gasteiger partial charge >= 0.3 is 5.97 Å². The fourth-order valence-electron chi connectivity index (χ4n) is 1.99. The van der Waals surface area contributed by atoms with Gasteiger partial charge in [-0.1, -0.05) is 0 Å². The molecule has 0 aliphatic rings. The van der Waals surface area contributed by atoms with Crippen molar-refractivity contribution in [1.29, 1.82) is 0 Å². The molecule has 0 aliphatic heterocycles. The number of amides is 1. The van der Waals surface area contributed by atoms with Crippen molar-refractivity contribution in [3.8, 4) is 5.75 Å². The number of alkyl halides is 2. The van der Waals surface area contributed by atoms with E-state index < -0.39 is 41.6 Å². The molecule has 144 valence electrons. The van der Waals surface area contributed by atoms with Crippen LogP contribution in [0.2, 0.25) is 0 Å². The maximum absolute atomic E-state index is 12.3. The van der Waals surface area contributed by atoms with Crippen molar-refractivity contribution in [2.24, 2.45) is 0 Å². The average molecular weight is 384 g/mol. The molecule has 1 heterocycles.